The summed E-state index contributed by atoms with van der Waals surface area (Å²) in [5, 5.41) is 7.95. The molecule has 0 aliphatic heterocycles. The predicted octanol–water partition coefficient (Wildman–Crippen LogP) is 0.966. The minimum absolute atomic E-state index is 1.85. The molecule has 0 radical (unpaired) electrons. The Hall–Kier alpha value is -0.590. The zero-order chi connectivity index (χ0) is 9.23. The van der Waals surface area contributed by atoms with Gasteiger partial charge in [0.15, 0.2) is 4.83 Å². The zero-order valence-electron chi connectivity index (χ0n) is 4.85. The minimum Gasteiger partial charge on any atom is -0.480 e. The normalized spacial score (nSPS) is 14.2. The maximum absolute atomic E-state index is 11.4. The molecular weight excluding hydrogens is 233 g/mol. The Morgan fingerprint density at radius 3 is 1.82 bits per heavy atom. The molecule has 11 heavy (non-hydrogen) atoms. The van der Waals surface area contributed by atoms with Crippen LogP contribution in [0.1, 0.15) is 0 Å². The van der Waals surface area contributed by atoms with E-state index in [1.54, 1.807) is 0 Å². The Labute approximate surface area is 67.3 Å². The minimum atomic E-state index is -5.10. The van der Waals surface area contributed by atoms with Crippen LogP contribution in [0.3, 0.4) is 0 Å². The molecule has 0 aliphatic rings. The highest BCUT2D eigenvalue weighted by atomic mass is 79.9. The third-order valence-corrected chi connectivity index (χ3v) is 1.53. The molecule has 64 valence electrons. The number of rotatable bonds is 2. The van der Waals surface area contributed by atoms with Crippen molar-refractivity contribution in [2.75, 3.05) is 0 Å². The molecule has 0 spiro atoms. The lowest BCUT2D eigenvalue weighted by molar-refractivity contribution is -0.172. The van der Waals surface area contributed by atoms with Gasteiger partial charge in [-0.15, -0.1) is 0 Å². The van der Waals surface area contributed by atoms with E-state index in [1.807, 2.05) is 0 Å². The van der Waals surface area contributed by atoms with E-state index in [-0.39, 0.29) is 0 Å². The van der Waals surface area contributed by atoms with E-state index < -0.39 is 22.8 Å². The molecule has 0 saturated carbocycles. The fourth-order valence-electron chi connectivity index (χ4n) is 0.256. The molecule has 0 saturated heterocycles. The van der Waals surface area contributed by atoms with Crippen molar-refractivity contribution in [3.63, 3.8) is 0 Å². The number of halogens is 4. The van der Waals surface area contributed by atoms with Crippen molar-refractivity contribution in [3.8, 4) is 0 Å². The summed E-state index contributed by atoms with van der Waals surface area (Å²) in [6.07, 6.45) is -5.10. The maximum atomic E-state index is 11.4. The Morgan fingerprint density at radius 1 is 1.36 bits per heavy atom. The summed E-state index contributed by atoms with van der Waals surface area (Å²) in [6.45, 7) is 0. The van der Waals surface area contributed by atoms with Crippen LogP contribution in [0.15, 0.2) is 0 Å². The first kappa shape index (κ1) is 10.4. The van der Waals surface area contributed by atoms with E-state index in [2.05, 4.69) is 15.9 Å². The van der Waals surface area contributed by atoms with Crippen LogP contribution in [0.4, 0.5) is 13.2 Å². The molecule has 0 fully saturated rings. The number of Topliss-reactive ketones (excluding diaryl/α,β-unsaturated/α-hetero) is 1. The second-order valence-electron chi connectivity index (χ2n) is 1.56. The molecule has 0 amide bonds. The van der Waals surface area contributed by atoms with Crippen molar-refractivity contribution in [2.24, 2.45) is 0 Å². The summed E-state index contributed by atoms with van der Waals surface area (Å²) in [5.41, 5.74) is 0. The number of carboxylic acids is 1. The molecule has 0 rings (SSSR count). The van der Waals surface area contributed by atoms with Crippen LogP contribution >= 0.6 is 15.9 Å². The lowest BCUT2D eigenvalue weighted by Gasteiger charge is -2.05. The molecule has 7 heteroatoms. The summed E-state index contributed by atoms with van der Waals surface area (Å²) >= 11 is 2.07. The fraction of sp³-hybridized carbons (Fsp3) is 0.500. The number of carboxylic acid groups (broad SMARTS) is 1. The molecule has 0 heterocycles. The van der Waals surface area contributed by atoms with Crippen molar-refractivity contribution in [3.05, 3.63) is 0 Å². The van der Waals surface area contributed by atoms with Crippen LogP contribution in [0.25, 0.3) is 0 Å². The second-order valence-corrected chi connectivity index (χ2v) is 2.48. The van der Waals surface area contributed by atoms with Crippen LogP contribution in [0, 0.1) is 0 Å². The average molecular weight is 235 g/mol. The number of aliphatic carboxylic acids is 1. The predicted molar refractivity (Wildman–Crippen MR) is 31.4 cm³/mol. The van der Waals surface area contributed by atoms with Crippen molar-refractivity contribution < 1.29 is 27.9 Å². The van der Waals surface area contributed by atoms with Gasteiger partial charge in [-0.3, -0.25) is 9.59 Å². The van der Waals surface area contributed by atoms with E-state index >= 15 is 0 Å². The van der Waals surface area contributed by atoms with E-state index in [0.717, 1.165) is 0 Å². The largest absolute Gasteiger partial charge is 0.480 e. The van der Waals surface area contributed by atoms with E-state index in [4.69, 9.17) is 5.11 Å². The summed E-state index contributed by atoms with van der Waals surface area (Å²) in [4.78, 5) is 17.7. The third kappa shape index (κ3) is 2.87. The number of hydrogen-bond donors (Lipinski definition) is 1. The number of alkyl halides is 4. The van der Waals surface area contributed by atoms with Crippen molar-refractivity contribution in [1.82, 2.24) is 0 Å². The van der Waals surface area contributed by atoms with Gasteiger partial charge in [-0.25, -0.2) is 0 Å². The highest BCUT2D eigenvalue weighted by Crippen LogP contribution is 2.21. The van der Waals surface area contributed by atoms with Gasteiger partial charge in [0.1, 0.15) is 0 Å². The van der Waals surface area contributed by atoms with E-state index in [0.29, 0.717) is 0 Å². The van der Waals surface area contributed by atoms with Gasteiger partial charge in [0.2, 0.25) is 0 Å². The molecule has 1 N–H and O–H groups in total. The highest BCUT2D eigenvalue weighted by Gasteiger charge is 2.45. The molecule has 1 unspecified atom stereocenters. The lowest BCUT2D eigenvalue weighted by atomic mass is 10.3. The lowest BCUT2D eigenvalue weighted by Crippen LogP contribution is -2.35. The average Bonchev–Trinajstić information content (AvgIpc) is 1.82. The van der Waals surface area contributed by atoms with Crippen molar-refractivity contribution in [1.29, 1.82) is 0 Å². The van der Waals surface area contributed by atoms with Gasteiger partial charge in [-0.1, -0.05) is 15.9 Å². The first-order chi connectivity index (χ1) is 4.76. The molecule has 0 aliphatic carbocycles. The van der Waals surface area contributed by atoms with Gasteiger partial charge in [0, 0.05) is 0 Å². The summed E-state index contributed by atoms with van der Waals surface area (Å²) in [6, 6.07) is 0. The van der Waals surface area contributed by atoms with Gasteiger partial charge in [-0.2, -0.15) is 13.2 Å². The summed E-state index contributed by atoms with van der Waals surface area (Å²) < 4.78 is 34.3. The summed E-state index contributed by atoms with van der Waals surface area (Å²) in [5.74, 6) is -4.17. The quantitative estimate of drug-likeness (QED) is 0.572. The monoisotopic (exact) mass is 234 g/mol. The van der Waals surface area contributed by atoms with Gasteiger partial charge in [-0.05, 0) is 0 Å². The third-order valence-electron chi connectivity index (χ3n) is 0.726. The van der Waals surface area contributed by atoms with Crippen molar-refractivity contribution >= 4 is 27.7 Å². The van der Waals surface area contributed by atoms with Gasteiger partial charge < -0.3 is 5.11 Å². The van der Waals surface area contributed by atoms with Gasteiger partial charge in [0.25, 0.3) is 5.78 Å². The van der Waals surface area contributed by atoms with Gasteiger partial charge in [0.05, 0.1) is 0 Å². The van der Waals surface area contributed by atoms with Crippen molar-refractivity contribution in [2.45, 2.75) is 11.0 Å². The van der Waals surface area contributed by atoms with Gasteiger partial charge >= 0.3 is 12.1 Å². The fourth-order valence-corrected chi connectivity index (χ4v) is 0.515. The van der Waals surface area contributed by atoms with Crippen LogP contribution < -0.4 is 0 Å². The SMILES string of the molecule is O=C(O)C(Br)C(=O)C(F)(F)F. The Kier molecular flexibility index (Phi) is 3.03. The maximum Gasteiger partial charge on any atom is 0.451 e. The topological polar surface area (TPSA) is 54.4 Å². The van der Waals surface area contributed by atoms with Crippen LogP contribution in [0.2, 0.25) is 0 Å². The smallest absolute Gasteiger partial charge is 0.451 e. The molecule has 1 atom stereocenters. The second kappa shape index (κ2) is 3.21. The number of ketones is 1. The van der Waals surface area contributed by atoms with Crippen LogP contribution in [0.5, 0.6) is 0 Å². The van der Waals surface area contributed by atoms with E-state index in [9.17, 15) is 22.8 Å². The first-order valence-corrected chi connectivity index (χ1v) is 3.16. The molecule has 0 bridgehead atoms. The number of carbonyl (C=O) groups excluding carboxylic acids is 1. The summed E-state index contributed by atoms with van der Waals surface area (Å²) in [7, 11) is 0. The van der Waals surface area contributed by atoms with Crippen LogP contribution in [-0.2, 0) is 9.59 Å². The Morgan fingerprint density at radius 2 is 1.73 bits per heavy atom. The Balaban J connectivity index is 4.39. The van der Waals surface area contributed by atoms with Crippen LogP contribution in [-0.4, -0.2) is 27.9 Å². The standard InChI is InChI=1S/C4H2BrF3O3/c5-1(3(10)11)2(9)4(6,7)8/h1H,(H,10,11). The highest BCUT2D eigenvalue weighted by molar-refractivity contribution is 9.10. The molecule has 0 aromatic heterocycles. The number of hydrogen-bond acceptors (Lipinski definition) is 2. The molecule has 0 aromatic carbocycles. The number of carbonyl (C=O) groups is 2. The first-order valence-electron chi connectivity index (χ1n) is 2.24. The molecule has 0 aromatic rings. The molecule has 3 nitrogen and oxygen atoms in total. The zero-order valence-corrected chi connectivity index (χ0v) is 6.44. The Bertz CT molecular complexity index is 188. The van der Waals surface area contributed by atoms with E-state index in [1.165, 1.54) is 0 Å². The molecular formula is C4H2BrF3O3.